The average Bonchev–Trinajstić information content (AvgIpc) is 2.94. The molecule has 0 aliphatic heterocycles. The summed E-state index contributed by atoms with van der Waals surface area (Å²) >= 11 is 0. The predicted molar refractivity (Wildman–Crippen MR) is 81.0 cm³/mol. The van der Waals surface area contributed by atoms with Gasteiger partial charge >= 0.3 is 6.03 Å². The van der Waals surface area contributed by atoms with Crippen LogP contribution in [-0.2, 0) is 11.3 Å². The standard InChI is InChI=1S/C15H18F2N4O2/c1-10(13-7-11(16)3-4-14(13)17)19-15(22)20-12-8-18-21(9-12)5-6-23-2/h3-4,7-10H,5-6H2,1-2H3,(H2,19,20,22)/t10-/m1/s1. The summed E-state index contributed by atoms with van der Waals surface area (Å²) in [5, 5.41) is 9.18. The fourth-order valence-electron chi connectivity index (χ4n) is 2.02. The van der Waals surface area contributed by atoms with Gasteiger partial charge in [-0.15, -0.1) is 0 Å². The maximum atomic E-state index is 13.7. The lowest BCUT2D eigenvalue weighted by molar-refractivity contribution is 0.183. The number of aromatic nitrogens is 2. The second kappa shape index (κ2) is 7.68. The summed E-state index contributed by atoms with van der Waals surface area (Å²) < 4.78 is 33.4. The Kier molecular flexibility index (Phi) is 5.64. The van der Waals surface area contributed by atoms with Crippen LogP contribution in [0.15, 0.2) is 30.6 Å². The third kappa shape index (κ3) is 4.75. The van der Waals surface area contributed by atoms with Gasteiger partial charge in [-0.05, 0) is 25.1 Å². The van der Waals surface area contributed by atoms with Crippen LogP contribution in [0.3, 0.4) is 0 Å². The molecule has 0 radical (unpaired) electrons. The van der Waals surface area contributed by atoms with Gasteiger partial charge in [0.2, 0.25) is 0 Å². The molecule has 2 N–H and O–H groups in total. The minimum absolute atomic E-state index is 0.0796. The molecule has 0 fully saturated rings. The number of amides is 2. The van der Waals surface area contributed by atoms with E-state index < -0.39 is 23.7 Å². The second-order valence-electron chi connectivity index (χ2n) is 4.97. The summed E-state index contributed by atoms with van der Waals surface area (Å²) in [6, 6.07) is 1.89. The topological polar surface area (TPSA) is 68.2 Å². The van der Waals surface area contributed by atoms with Crippen molar-refractivity contribution in [3.8, 4) is 0 Å². The Balaban J connectivity index is 1.93. The van der Waals surface area contributed by atoms with E-state index in [1.54, 1.807) is 24.9 Å². The minimum atomic E-state index is -0.686. The number of carbonyl (C=O) groups is 1. The summed E-state index contributed by atoms with van der Waals surface area (Å²) in [6.45, 7) is 2.63. The number of anilines is 1. The maximum Gasteiger partial charge on any atom is 0.319 e. The smallest absolute Gasteiger partial charge is 0.319 e. The highest BCUT2D eigenvalue weighted by Gasteiger charge is 2.15. The molecule has 0 aliphatic rings. The molecule has 1 aromatic carbocycles. The number of methoxy groups -OCH3 is 1. The number of urea groups is 1. The van der Waals surface area contributed by atoms with Crippen molar-refractivity contribution in [1.82, 2.24) is 15.1 Å². The molecule has 1 aromatic heterocycles. The Hall–Kier alpha value is -2.48. The van der Waals surface area contributed by atoms with Crippen molar-refractivity contribution in [1.29, 1.82) is 0 Å². The Bertz CT molecular complexity index is 675. The Morgan fingerprint density at radius 1 is 1.43 bits per heavy atom. The molecule has 8 heteroatoms. The zero-order chi connectivity index (χ0) is 16.8. The molecule has 0 bridgehead atoms. The van der Waals surface area contributed by atoms with Crippen LogP contribution in [0.1, 0.15) is 18.5 Å². The zero-order valence-electron chi connectivity index (χ0n) is 12.8. The molecule has 23 heavy (non-hydrogen) atoms. The van der Waals surface area contributed by atoms with Crippen LogP contribution in [0.4, 0.5) is 19.3 Å². The van der Waals surface area contributed by atoms with Crippen LogP contribution in [-0.4, -0.2) is 29.5 Å². The lowest BCUT2D eigenvalue weighted by atomic mass is 10.1. The van der Waals surface area contributed by atoms with Gasteiger partial charge in [0.15, 0.2) is 0 Å². The number of hydrogen-bond acceptors (Lipinski definition) is 3. The first kappa shape index (κ1) is 16.9. The minimum Gasteiger partial charge on any atom is -0.383 e. The van der Waals surface area contributed by atoms with Gasteiger partial charge in [0.25, 0.3) is 0 Å². The van der Waals surface area contributed by atoms with Crippen molar-refractivity contribution in [3.63, 3.8) is 0 Å². The molecule has 2 amide bonds. The van der Waals surface area contributed by atoms with Crippen molar-refractivity contribution >= 4 is 11.7 Å². The van der Waals surface area contributed by atoms with E-state index in [2.05, 4.69) is 15.7 Å². The summed E-state index contributed by atoms with van der Waals surface area (Å²) in [6.07, 6.45) is 3.13. The molecule has 2 aromatic rings. The highest BCUT2D eigenvalue weighted by Crippen LogP contribution is 2.18. The van der Waals surface area contributed by atoms with E-state index in [-0.39, 0.29) is 5.56 Å². The summed E-state index contributed by atoms with van der Waals surface area (Å²) in [5.41, 5.74) is 0.571. The highest BCUT2D eigenvalue weighted by molar-refractivity contribution is 5.89. The monoisotopic (exact) mass is 324 g/mol. The van der Waals surface area contributed by atoms with Crippen molar-refractivity contribution in [2.75, 3.05) is 19.0 Å². The molecular formula is C15H18F2N4O2. The van der Waals surface area contributed by atoms with Crippen LogP contribution in [0.2, 0.25) is 0 Å². The van der Waals surface area contributed by atoms with E-state index in [0.717, 1.165) is 18.2 Å². The van der Waals surface area contributed by atoms with Gasteiger partial charge in [0.1, 0.15) is 11.6 Å². The number of hydrogen-bond donors (Lipinski definition) is 2. The first-order valence-corrected chi connectivity index (χ1v) is 7.03. The van der Waals surface area contributed by atoms with Crippen LogP contribution >= 0.6 is 0 Å². The quantitative estimate of drug-likeness (QED) is 0.858. The Morgan fingerprint density at radius 3 is 2.96 bits per heavy atom. The fraction of sp³-hybridized carbons (Fsp3) is 0.333. The summed E-state index contributed by atoms with van der Waals surface area (Å²) in [7, 11) is 1.59. The third-order valence-corrected chi connectivity index (χ3v) is 3.19. The molecule has 1 heterocycles. The normalized spacial score (nSPS) is 12.0. The molecule has 1 atom stereocenters. The average molecular weight is 324 g/mol. The number of nitrogens with zero attached hydrogens (tertiary/aromatic N) is 2. The molecule has 0 aliphatic carbocycles. The maximum absolute atomic E-state index is 13.7. The second-order valence-corrected chi connectivity index (χ2v) is 4.97. The molecule has 0 unspecified atom stereocenters. The summed E-state index contributed by atoms with van der Waals surface area (Å²) in [4.78, 5) is 11.9. The highest BCUT2D eigenvalue weighted by atomic mass is 19.1. The molecule has 0 spiro atoms. The SMILES string of the molecule is COCCn1cc(NC(=O)N[C@H](C)c2cc(F)ccc2F)cn1. The first-order valence-electron chi connectivity index (χ1n) is 7.03. The lowest BCUT2D eigenvalue weighted by Gasteiger charge is -2.15. The first-order chi connectivity index (χ1) is 11.0. The van der Waals surface area contributed by atoms with Gasteiger partial charge in [0, 0.05) is 18.9 Å². The number of ether oxygens (including phenoxy) is 1. The van der Waals surface area contributed by atoms with Gasteiger partial charge in [-0.2, -0.15) is 5.10 Å². The van der Waals surface area contributed by atoms with E-state index in [1.807, 2.05) is 0 Å². The molecule has 124 valence electrons. The van der Waals surface area contributed by atoms with Crippen LogP contribution in [0, 0.1) is 11.6 Å². The molecule has 6 nitrogen and oxygen atoms in total. The molecule has 0 saturated carbocycles. The zero-order valence-corrected chi connectivity index (χ0v) is 12.8. The molecule has 2 rings (SSSR count). The number of benzene rings is 1. The van der Waals surface area contributed by atoms with Gasteiger partial charge in [0.05, 0.1) is 31.1 Å². The van der Waals surface area contributed by atoms with Crippen LogP contribution in [0.25, 0.3) is 0 Å². The van der Waals surface area contributed by atoms with Gasteiger partial charge in [-0.3, -0.25) is 4.68 Å². The fourth-order valence-corrected chi connectivity index (χ4v) is 2.02. The van der Waals surface area contributed by atoms with Crippen molar-refractivity contribution < 1.29 is 18.3 Å². The summed E-state index contributed by atoms with van der Waals surface area (Å²) in [5.74, 6) is -1.14. The number of nitrogens with one attached hydrogen (secondary N) is 2. The Labute approximate surface area is 132 Å². The van der Waals surface area contributed by atoms with E-state index in [0.29, 0.717) is 18.8 Å². The largest absolute Gasteiger partial charge is 0.383 e. The van der Waals surface area contributed by atoms with E-state index >= 15 is 0 Å². The predicted octanol–water partition coefficient (Wildman–Crippen LogP) is 2.69. The lowest BCUT2D eigenvalue weighted by Crippen LogP contribution is -2.31. The number of halogens is 2. The van der Waals surface area contributed by atoms with E-state index in [4.69, 9.17) is 4.74 Å². The van der Waals surface area contributed by atoms with Gasteiger partial charge < -0.3 is 15.4 Å². The number of rotatable bonds is 6. The van der Waals surface area contributed by atoms with Crippen molar-refractivity contribution in [2.45, 2.75) is 19.5 Å². The van der Waals surface area contributed by atoms with Crippen molar-refractivity contribution in [3.05, 3.63) is 47.8 Å². The van der Waals surface area contributed by atoms with Gasteiger partial charge in [-0.25, -0.2) is 13.6 Å². The molecule has 0 saturated heterocycles. The van der Waals surface area contributed by atoms with E-state index in [9.17, 15) is 13.6 Å². The van der Waals surface area contributed by atoms with Crippen LogP contribution in [0.5, 0.6) is 0 Å². The Morgan fingerprint density at radius 2 is 2.22 bits per heavy atom. The van der Waals surface area contributed by atoms with Crippen molar-refractivity contribution in [2.24, 2.45) is 0 Å². The van der Waals surface area contributed by atoms with E-state index in [1.165, 1.54) is 6.20 Å². The number of carbonyl (C=O) groups excluding carboxylic acids is 1. The molecular weight excluding hydrogens is 306 g/mol. The van der Waals surface area contributed by atoms with Crippen LogP contribution < -0.4 is 10.6 Å². The van der Waals surface area contributed by atoms with Gasteiger partial charge in [-0.1, -0.05) is 0 Å². The third-order valence-electron chi connectivity index (χ3n) is 3.19.